The van der Waals surface area contributed by atoms with Gasteiger partial charge in [0.2, 0.25) is 5.75 Å². The van der Waals surface area contributed by atoms with Crippen molar-refractivity contribution in [3.05, 3.63) is 77.0 Å². The molecule has 1 aliphatic heterocycles. The van der Waals surface area contributed by atoms with Crippen molar-refractivity contribution in [3.8, 4) is 22.8 Å². The number of aryl methyl sites for hydroxylation is 3. The van der Waals surface area contributed by atoms with Gasteiger partial charge in [0.25, 0.3) is 5.69 Å². The molecule has 6 rings (SSSR count). The van der Waals surface area contributed by atoms with E-state index in [-0.39, 0.29) is 0 Å². The molecule has 4 aromatic carbocycles. The van der Waals surface area contributed by atoms with Gasteiger partial charge < -0.3 is 4.74 Å². The number of hydrogen-bond donors (Lipinski definition) is 0. The molecule has 33 heavy (non-hydrogen) atoms. The van der Waals surface area contributed by atoms with Gasteiger partial charge in [0.05, 0.1) is 10.9 Å². The van der Waals surface area contributed by atoms with E-state index in [0.717, 1.165) is 17.9 Å². The molecule has 0 atom stereocenters. The molecule has 2 nitrogen and oxygen atoms in total. The first kappa shape index (κ1) is 20.2. The molecule has 2 heteroatoms. The maximum atomic E-state index is 6.81. The largest absolute Gasteiger partial charge is 0.449 e. The lowest BCUT2D eigenvalue weighted by Crippen LogP contribution is -2.32. The Kier molecular flexibility index (Phi) is 4.32. The Morgan fingerprint density at radius 2 is 1.64 bits per heavy atom. The third-order valence-corrected chi connectivity index (χ3v) is 7.25. The number of pyridine rings is 1. The monoisotopic (exact) mass is 432 g/mol. The van der Waals surface area contributed by atoms with Gasteiger partial charge in [-0.05, 0) is 83.7 Å². The second-order valence-electron chi connectivity index (χ2n) is 10.2. The number of nitrogens with zero attached hydrogens (tertiary/aromatic N) is 1. The van der Waals surface area contributed by atoms with E-state index in [1.54, 1.807) is 0 Å². The Balaban J connectivity index is 1.80. The van der Waals surface area contributed by atoms with Gasteiger partial charge in [0, 0.05) is 10.8 Å². The van der Waals surface area contributed by atoms with Gasteiger partial charge in [-0.3, -0.25) is 0 Å². The predicted octanol–water partition coefficient (Wildman–Crippen LogP) is 7.87. The molecule has 5 aromatic rings. The lowest BCUT2D eigenvalue weighted by atomic mass is 9.87. The van der Waals surface area contributed by atoms with E-state index in [9.17, 15) is 0 Å². The average molecular weight is 433 g/mol. The predicted molar refractivity (Wildman–Crippen MR) is 138 cm³/mol. The van der Waals surface area contributed by atoms with E-state index >= 15 is 0 Å². The number of benzene rings is 4. The van der Waals surface area contributed by atoms with Crippen molar-refractivity contribution in [2.75, 3.05) is 0 Å². The van der Waals surface area contributed by atoms with Gasteiger partial charge >= 0.3 is 0 Å². The van der Waals surface area contributed by atoms with E-state index in [1.807, 2.05) is 0 Å². The highest BCUT2D eigenvalue weighted by molar-refractivity contribution is 6.14. The van der Waals surface area contributed by atoms with Crippen LogP contribution in [0.2, 0.25) is 0 Å². The molecule has 1 aromatic heterocycles. The first-order valence-corrected chi connectivity index (χ1v) is 11.9. The van der Waals surface area contributed by atoms with Crippen LogP contribution in [-0.2, 0) is 13.5 Å². The van der Waals surface area contributed by atoms with Crippen molar-refractivity contribution >= 4 is 32.3 Å². The van der Waals surface area contributed by atoms with Gasteiger partial charge in [-0.1, -0.05) is 50.2 Å². The van der Waals surface area contributed by atoms with E-state index < -0.39 is 0 Å². The van der Waals surface area contributed by atoms with Gasteiger partial charge in [0.1, 0.15) is 12.8 Å². The molecule has 0 fully saturated rings. The van der Waals surface area contributed by atoms with Crippen molar-refractivity contribution < 1.29 is 9.30 Å². The summed E-state index contributed by atoms with van der Waals surface area (Å²) in [6, 6.07) is 18.0. The summed E-state index contributed by atoms with van der Waals surface area (Å²) in [6.07, 6.45) is 3.35. The normalized spacial score (nSPS) is 12.6. The minimum absolute atomic E-state index is 0.587. The Labute approximate surface area is 195 Å². The van der Waals surface area contributed by atoms with Crippen LogP contribution in [0.1, 0.15) is 36.1 Å². The summed E-state index contributed by atoms with van der Waals surface area (Å²) in [5.41, 5.74) is 7.76. The average Bonchev–Trinajstić information content (AvgIpc) is 2.77. The van der Waals surface area contributed by atoms with Gasteiger partial charge in [-0.15, -0.1) is 0 Å². The highest BCUT2D eigenvalue weighted by Crippen LogP contribution is 2.50. The topological polar surface area (TPSA) is 13.1 Å². The first-order valence-electron chi connectivity index (χ1n) is 11.9. The molecule has 164 valence electrons. The maximum absolute atomic E-state index is 6.81. The standard InChI is InChI=1S/C31H30NO/c1-17(2)11-21-15-25-26(24-10-8-7-9-23(21)24)16-32(6)30-28-20(5)19(4)14-22-12-18(3)13-27(29(22)28)33-31(25)30/h7-10,12-17H,11H2,1-6H3/q+1. The summed E-state index contributed by atoms with van der Waals surface area (Å²) in [5, 5.41) is 7.59. The van der Waals surface area contributed by atoms with E-state index in [1.165, 1.54) is 65.8 Å². The summed E-state index contributed by atoms with van der Waals surface area (Å²) in [7, 11) is 2.16. The summed E-state index contributed by atoms with van der Waals surface area (Å²) < 4.78 is 9.08. The van der Waals surface area contributed by atoms with E-state index in [0.29, 0.717) is 5.92 Å². The fourth-order valence-corrected chi connectivity index (χ4v) is 5.72. The van der Waals surface area contributed by atoms with Crippen LogP contribution < -0.4 is 9.30 Å². The molecule has 1 aliphatic rings. The fourth-order valence-electron chi connectivity index (χ4n) is 5.72. The Bertz CT molecular complexity index is 1620. The molecular formula is C31H30NO+. The van der Waals surface area contributed by atoms with Crippen LogP contribution in [0, 0.1) is 26.7 Å². The number of fused-ring (bicyclic) bond motifs is 6. The fraction of sp³-hybridized carbons (Fsp3) is 0.258. The number of aromatic nitrogens is 1. The summed E-state index contributed by atoms with van der Waals surface area (Å²) in [5.74, 6) is 2.55. The van der Waals surface area contributed by atoms with Crippen LogP contribution in [0.5, 0.6) is 11.5 Å². The summed E-state index contributed by atoms with van der Waals surface area (Å²) >= 11 is 0. The van der Waals surface area contributed by atoms with Crippen LogP contribution >= 0.6 is 0 Å². The third kappa shape index (κ3) is 2.90. The molecule has 0 N–H and O–H groups in total. The minimum Gasteiger partial charge on any atom is -0.449 e. The van der Waals surface area contributed by atoms with Crippen molar-refractivity contribution in [3.63, 3.8) is 0 Å². The quantitative estimate of drug-likeness (QED) is 0.200. The van der Waals surface area contributed by atoms with Gasteiger partial charge in [0.15, 0.2) is 6.20 Å². The number of ether oxygens (including phenoxy) is 1. The molecule has 0 saturated carbocycles. The SMILES string of the molecule is Cc1cc2c3c(c(C)c(C)cc3c1)-c1c(c3cc(CC(C)C)c4ccccc4c3c[n+]1C)O2. The molecule has 0 amide bonds. The molecule has 0 radical (unpaired) electrons. The maximum Gasteiger partial charge on any atom is 0.257 e. The number of hydrogen-bond acceptors (Lipinski definition) is 1. The first-order chi connectivity index (χ1) is 15.8. The van der Waals surface area contributed by atoms with E-state index in [2.05, 4.69) is 101 Å². The second kappa shape index (κ2) is 7.05. The zero-order valence-electron chi connectivity index (χ0n) is 20.3. The molecule has 0 spiro atoms. The highest BCUT2D eigenvalue weighted by atomic mass is 16.5. The smallest absolute Gasteiger partial charge is 0.257 e. The lowest BCUT2D eigenvalue weighted by molar-refractivity contribution is -0.659. The summed E-state index contributed by atoms with van der Waals surface area (Å²) in [6.45, 7) is 11.2. The Morgan fingerprint density at radius 3 is 2.39 bits per heavy atom. The van der Waals surface area contributed by atoms with Crippen LogP contribution in [0.3, 0.4) is 0 Å². The van der Waals surface area contributed by atoms with Crippen molar-refractivity contribution in [1.29, 1.82) is 0 Å². The molecule has 0 unspecified atom stereocenters. The van der Waals surface area contributed by atoms with Gasteiger partial charge in [-0.25, -0.2) is 0 Å². The highest BCUT2D eigenvalue weighted by Gasteiger charge is 2.32. The van der Waals surface area contributed by atoms with Crippen molar-refractivity contribution in [2.45, 2.75) is 41.0 Å². The molecule has 0 aliphatic carbocycles. The summed E-state index contributed by atoms with van der Waals surface area (Å²) in [4.78, 5) is 0. The molecule has 0 saturated heterocycles. The van der Waals surface area contributed by atoms with E-state index in [4.69, 9.17) is 4.74 Å². The third-order valence-electron chi connectivity index (χ3n) is 7.25. The zero-order chi connectivity index (χ0) is 23.0. The van der Waals surface area contributed by atoms with Gasteiger partial charge in [-0.2, -0.15) is 4.57 Å². The van der Waals surface area contributed by atoms with Crippen LogP contribution in [0.4, 0.5) is 0 Å². The molecule has 0 bridgehead atoms. The number of rotatable bonds is 2. The lowest BCUT2D eigenvalue weighted by Gasteiger charge is -2.24. The van der Waals surface area contributed by atoms with Crippen LogP contribution in [0.15, 0.2) is 54.7 Å². The molecule has 2 heterocycles. The van der Waals surface area contributed by atoms with Crippen molar-refractivity contribution in [1.82, 2.24) is 0 Å². The minimum atomic E-state index is 0.587. The Morgan fingerprint density at radius 1 is 0.879 bits per heavy atom. The van der Waals surface area contributed by atoms with Crippen LogP contribution in [-0.4, -0.2) is 0 Å². The molecular weight excluding hydrogens is 402 g/mol. The van der Waals surface area contributed by atoms with Crippen LogP contribution in [0.25, 0.3) is 43.6 Å². The Hall–Kier alpha value is -3.39. The second-order valence-corrected chi connectivity index (χ2v) is 10.2. The zero-order valence-corrected chi connectivity index (χ0v) is 20.3. The van der Waals surface area contributed by atoms with Crippen molar-refractivity contribution in [2.24, 2.45) is 13.0 Å².